The fourth-order valence-electron chi connectivity index (χ4n) is 1.90. The lowest BCUT2D eigenvalue weighted by molar-refractivity contribution is -0.384. The molecule has 8 nitrogen and oxygen atoms in total. The van der Waals surface area contributed by atoms with Crippen molar-refractivity contribution in [2.24, 2.45) is 0 Å². The van der Waals surface area contributed by atoms with Crippen LogP contribution in [0, 0.1) is 10.1 Å². The van der Waals surface area contributed by atoms with Crippen LogP contribution in [0.25, 0.3) is 5.69 Å². The van der Waals surface area contributed by atoms with Crippen LogP contribution in [0.5, 0.6) is 0 Å². The van der Waals surface area contributed by atoms with Gasteiger partial charge in [0.1, 0.15) is 0 Å². The van der Waals surface area contributed by atoms with Crippen LogP contribution in [0.1, 0.15) is 29.5 Å². The first kappa shape index (κ1) is 15.1. The summed E-state index contributed by atoms with van der Waals surface area (Å²) in [6.07, 6.45) is 1.20. The van der Waals surface area contributed by atoms with Crippen molar-refractivity contribution in [2.45, 2.75) is 19.8 Å². The molecule has 0 saturated heterocycles. The van der Waals surface area contributed by atoms with Gasteiger partial charge in [-0.15, -0.1) is 5.10 Å². The third-order valence-electron chi connectivity index (χ3n) is 2.82. The van der Waals surface area contributed by atoms with E-state index in [0.29, 0.717) is 22.3 Å². The molecule has 1 aromatic carbocycles. The number of carbonyl (C=O) groups is 1. The van der Waals surface area contributed by atoms with Crippen LogP contribution in [-0.2, 0) is 6.42 Å². The number of carboxylic acid groups (broad SMARTS) is 1. The highest BCUT2D eigenvalue weighted by atomic mass is 79.9. The molecule has 110 valence electrons. The Labute approximate surface area is 127 Å². The molecule has 0 fully saturated rings. The Bertz CT molecular complexity index is 713. The zero-order valence-electron chi connectivity index (χ0n) is 11.0. The molecule has 0 bridgehead atoms. The largest absolute Gasteiger partial charge is 0.476 e. The molecule has 1 heterocycles. The molecule has 0 unspecified atom stereocenters. The molecule has 0 aliphatic carbocycles. The maximum atomic E-state index is 11.2. The van der Waals surface area contributed by atoms with E-state index in [1.807, 2.05) is 6.92 Å². The Morgan fingerprint density at radius 1 is 1.52 bits per heavy atom. The van der Waals surface area contributed by atoms with Crippen molar-refractivity contribution in [2.75, 3.05) is 0 Å². The number of rotatable bonds is 5. The van der Waals surface area contributed by atoms with E-state index >= 15 is 0 Å². The van der Waals surface area contributed by atoms with Gasteiger partial charge in [0.15, 0.2) is 5.69 Å². The van der Waals surface area contributed by atoms with Crippen LogP contribution in [-0.4, -0.2) is 31.0 Å². The number of hydrogen-bond acceptors (Lipinski definition) is 5. The van der Waals surface area contributed by atoms with Crippen LogP contribution in [0.2, 0.25) is 0 Å². The van der Waals surface area contributed by atoms with E-state index in [-0.39, 0.29) is 11.4 Å². The fourth-order valence-corrected chi connectivity index (χ4v) is 2.44. The molecule has 1 aromatic heterocycles. The number of halogens is 1. The van der Waals surface area contributed by atoms with Crippen molar-refractivity contribution in [3.05, 3.63) is 44.2 Å². The summed E-state index contributed by atoms with van der Waals surface area (Å²) in [7, 11) is 0. The van der Waals surface area contributed by atoms with Crippen molar-refractivity contribution in [1.29, 1.82) is 0 Å². The third-order valence-corrected chi connectivity index (χ3v) is 3.46. The molecule has 0 atom stereocenters. The minimum atomic E-state index is -1.15. The molecule has 2 rings (SSSR count). The molecular formula is C12H11BrN4O4. The van der Waals surface area contributed by atoms with Crippen molar-refractivity contribution >= 4 is 27.6 Å². The van der Waals surface area contributed by atoms with Gasteiger partial charge in [0.2, 0.25) is 0 Å². The van der Waals surface area contributed by atoms with Crippen LogP contribution in [0.3, 0.4) is 0 Å². The first-order chi connectivity index (χ1) is 9.95. The molecule has 0 spiro atoms. The highest BCUT2D eigenvalue weighted by Gasteiger charge is 2.21. The third kappa shape index (κ3) is 2.92. The second-order valence-electron chi connectivity index (χ2n) is 4.24. The Balaban J connectivity index is 2.56. The number of nitro groups is 1. The maximum Gasteiger partial charge on any atom is 0.358 e. The van der Waals surface area contributed by atoms with Gasteiger partial charge in [0, 0.05) is 12.1 Å². The van der Waals surface area contributed by atoms with Gasteiger partial charge in [-0.3, -0.25) is 10.1 Å². The number of hydrogen-bond donors (Lipinski definition) is 1. The average molecular weight is 355 g/mol. The molecule has 0 aliphatic rings. The molecule has 9 heteroatoms. The van der Waals surface area contributed by atoms with Gasteiger partial charge in [-0.25, -0.2) is 9.48 Å². The number of aromatic nitrogens is 3. The molecule has 0 amide bonds. The lowest BCUT2D eigenvalue weighted by Crippen LogP contribution is -2.07. The normalized spacial score (nSPS) is 10.6. The maximum absolute atomic E-state index is 11.2. The van der Waals surface area contributed by atoms with E-state index < -0.39 is 10.9 Å². The van der Waals surface area contributed by atoms with E-state index in [4.69, 9.17) is 5.11 Å². The number of nitrogens with zero attached hydrogens (tertiary/aromatic N) is 4. The van der Waals surface area contributed by atoms with Crippen molar-refractivity contribution in [1.82, 2.24) is 15.0 Å². The van der Waals surface area contributed by atoms with Crippen molar-refractivity contribution in [3.63, 3.8) is 0 Å². The smallest absolute Gasteiger partial charge is 0.358 e. The summed E-state index contributed by atoms with van der Waals surface area (Å²) in [5.41, 5.74) is 0.784. The molecule has 0 radical (unpaired) electrons. The molecule has 0 saturated carbocycles. The predicted molar refractivity (Wildman–Crippen MR) is 76.7 cm³/mol. The molecule has 21 heavy (non-hydrogen) atoms. The summed E-state index contributed by atoms with van der Waals surface area (Å²) in [6.45, 7) is 1.91. The number of non-ortho nitro benzene ring substituents is 1. The van der Waals surface area contributed by atoms with Gasteiger partial charge in [0.05, 0.1) is 20.8 Å². The first-order valence-electron chi connectivity index (χ1n) is 6.07. The predicted octanol–water partition coefficient (Wildman–Crippen LogP) is 2.59. The minimum absolute atomic E-state index is 0.0683. The van der Waals surface area contributed by atoms with Crippen LogP contribution in [0.4, 0.5) is 5.69 Å². The molecule has 1 N–H and O–H groups in total. The summed E-state index contributed by atoms with van der Waals surface area (Å²) in [5.74, 6) is -1.15. The molecular weight excluding hydrogens is 344 g/mol. The lowest BCUT2D eigenvalue weighted by Gasteiger charge is -2.08. The second kappa shape index (κ2) is 6.00. The standard InChI is InChI=1S/C12H11BrN4O4/c1-2-3-10-11(12(18)19)14-15-16(10)9-5-4-7(17(20)21)6-8(9)13/h4-6H,2-3H2,1H3,(H,18,19). The monoisotopic (exact) mass is 354 g/mol. The van der Waals surface area contributed by atoms with Crippen molar-refractivity contribution < 1.29 is 14.8 Å². The van der Waals surface area contributed by atoms with Crippen LogP contribution >= 0.6 is 15.9 Å². The second-order valence-corrected chi connectivity index (χ2v) is 5.10. The summed E-state index contributed by atoms with van der Waals surface area (Å²) >= 11 is 3.24. The lowest BCUT2D eigenvalue weighted by atomic mass is 10.2. The van der Waals surface area contributed by atoms with E-state index in [2.05, 4.69) is 26.2 Å². The highest BCUT2D eigenvalue weighted by Crippen LogP contribution is 2.27. The van der Waals surface area contributed by atoms with Gasteiger partial charge < -0.3 is 5.11 Å². The van der Waals surface area contributed by atoms with Crippen molar-refractivity contribution in [3.8, 4) is 5.69 Å². The fraction of sp³-hybridized carbons (Fsp3) is 0.250. The number of nitro benzene ring substituents is 1. The summed E-state index contributed by atoms with van der Waals surface area (Å²) in [6, 6.07) is 4.17. The zero-order valence-corrected chi connectivity index (χ0v) is 12.6. The van der Waals surface area contributed by atoms with Crippen LogP contribution < -0.4 is 0 Å². The number of carboxylic acids is 1. The Kier molecular flexibility index (Phi) is 4.32. The first-order valence-corrected chi connectivity index (χ1v) is 6.87. The average Bonchev–Trinajstić information content (AvgIpc) is 2.82. The Morgan fingerprint density at radius 3 is 2.76 bits per heavy atom. The molecule has 0 aliphatic heterocycles. The van der Waals surface area contributed by atoms with E-state index in [1.54, 1.807) is 0 Å². The quantitative estimate of drug-likeness (QED) is 0.652. The Hall–Kier alpha value is -2.29. The summed E-state index contributed by atoms with van der Waals surface area (Å²) in [4.78, 5) is 21.4. The minimum Gasteiger partial charge on any atom is -0.476 e. The van der Waals surface area contributed by atoms with E-state index in [9.17, 15) is 14.9 Å². The van der Waals surface area contributed by atoms with Gasteiger partial charge in [0.25, 0.3) is 5.69 Å². The SMILES string of the molecule is CCCc1c(C(=O)O)nnn1-c1ccc([N+](=O)[O-])cc1Br. The number of benzene rings is 1. The van der Waals surface area contributed by atoms with Gasteiger partial charge in [-0.2, -0.15) is 0 Å². The highest BCUT2D eigenvalue weighted by molar-refractivity contribution is 9.10. The Morgan fingerprint density at radius 2 is 2.24 bits per heavy atom. The summed E-state index contributed by atoms with van der Waals surface area (Å²) < 4.78 is 1.83. The zero-order chi connectivity index (χ0) is 15.6. The number of aromatic carboxylic acids is 1. The summed E-state index contributed by atoms with van der Waals surface area (Å²) in [5, 5.41) is 27.4. The molecule has 2 aromatic rings. The topological polar surface area (TPSA) is 111 Å². The van der Waals surface area contributed by atoms with Gasteiger partial charge >= 0.3 is 5.97 Å². The van der Waals surface area contributed by atoms with Crippen LogP contribution in [0.15, 0.2) is 22.7 Å². The van der Waals surface area contributed by atoms with E-state index in [0.717, 1.165) is 6.42 Å². The van der Waals surface area contributed by atoms with Gasteiger partial charge in [-0.1, -0.05) is 18.6 Å². The van der Waals surface area contributed by atoms with E-state index in [1.165, 1.54) is 22.9 Å². The van der Waals surface area contributed by atoms with Gasteiger partial charge in [-0.05, 0) is 28.4 Å².